The third-order valence-corrected chi connectivity index (χ3v) is 5.82. The van der Waals surface area contributed by atoms with Crippen molar-refractivity contribution < 1.29 is 18.7 Å². The third-order valence-electron chi connectivity index (χ3n) is 5.82. The molecule has 1 saturated heterocycles. The fourth-order valence-corrected chi connectivity index (χ4v) is 3.68. The normalized spacial score (nSPS) is 14.6. The lowest BCUT2D eigenvalue weighted by molar-refractivity contribution is 0.0714. The second kappa shape index (κ2) is 10.3. The molecule has 4 rings (SSSR count). The number of amides is 2. The van der Waals surface area contributed by atoms with Gasteiger partial charge in [0, 0.05) is 43.1 Å². The molecule has 0 radical (unpaired) electrons. The number of rotatable bonds is 7. The Hall–Kier alpha value is -3.74. The van der Waals surface area contributed by atoms with Crippen LogP contribution < -0.4 is 15.0 Å². The third kappa shape index (κ3) is 5.55. The molecule has 7 heteroatoms. The molecular weight excluding hydrogens is 418 g/mol. The van der Waals surface area contributed by atoms with Gasteiger partial charge in [-0.2, -0.15) is 0 Å². The van der Waals surface area contributed by atoms with Crippen LogP contribution in [-0.4, -0.2) is 49.0 Å². The van der Waals surface area contributed by atoms with Crippen LogP contribution in [0.1, 0.15) is 41.2 Å². The average molecular weight is 448 g/mol. The first-order chi connectivity index (χ1) is 16.0. The van der Waals surface area contributed by atoms with Gasteiger partial charge in [-0.15, -0.1) is 0 Å². The van der Waals surface area contributed by atoms with Gasteiger partial charge >= 0.3 is 0 Å². The Labute approximate surface area is 193 Å². The maximum atomic E-state index is 12.6. The van der Waals surface area contributed by atoms with Crippen LogP contribution in [0.15, 0.2) is 71.3 Å². The maximum absolute atomic E-state index is 12.6. The molecule has 0 bridgehead atoms. The lowest BCUT2D eigenvalue weighted by atomic mass is 10.2. The topological polar surface area (TPSA) is 75.0 Å². The molecule has 2 amide bonds. The summed E-state index contributed by atoms with van der Waals surface area (Å²) >= 11 is 0. The molecule has 0 unspecified atom stereocenters. The van der Waals surface area contributed by atoms with E-state index in [1.807, 2.05) is 48.2 Å². The minimum absolute atomic E-state index is 0.0721. The van der Waals surface area contributed by atoms with E-state index in [4.69, 9.17) is 9.15 Å². The zero-order chi connectivity index (χ0) is 23.2. The van der Waals surface area contributed by atoms with Crippen LogP contribution in [0.2, 0.25) is 0 Å². The highest BCUT2D eigenvalue weighted by Gasteiger charge is 2.23. The van der Waals surface area contributed by atoms with E-state index in [0.717, 1.165) is 36.6 Å². The van der Waals surface area contributed by atoms with Crippen LogP contribution in [0.4, 0.5) is 11.4 Å². The van der Waals surface area contributed by atoms with E-state index in [1.165, 1.54) is 6.26 Å². The van der Waals surface area contributed by atoms with Crippen molar-refractivity contribution in [2.45, 2.75) is 26.4 Å². The predicted octanol–water partition coefficient (Wildman–Crippen LogP) is 4.67. The molecule has 0 spiro atoms. The highest BCUT2D eigenvalue weighted by atomic mass is 16.5. The number of anilines is 2. The Morgan fingerprint density at radius 2 is 1.70 bits per heavy atom. The van der Waals surface area contributed by atoms with Crippen molar-refractivity contribution in [3.8, 4) is 5.75 Å². The van der Waals surface area contributed by atoms with Crippen LogP contribution >= 0.6 is 0 Å². The summed E-state index contributed by atoms with van der Waals surface area (Å²) in [6, 6.07) is 18.4. The highest BCUT2D eigenvalue weighted by molar-refractivity contribution is 6.04. The number of hydrogen-bond donors (Lipinski definition) is 1. The van der Waals surface area contributed by atoms with Gasteiger partial charge in [-0.25, -0.2) is 0 Å². The number of carbonyl (C=O) groups excluding carboxylic acids is 2. The summed E-state index contributed by atoms with van der Waals surface area (Å²) in [5, 5.41) is 2.94. The van der Waals surface area contributed by atoms with E-state index in [0.29, 0.717) is 24.4 Å². The lowest BCUT2D eigenvalue weighted by Crippen LogP contribution is -2.48. The second-order valence-electron chi connectivity index (χ2n) is 8.12. The molecule has 1 N–H and O–H groups in total. The van der Waals surface area contributed by atoms with Crippen molar-refractivity contribution >= 4 is 23.2 Å². The fourth-order valence-electron chi connectivity index (χ4n) is 3.68. The van der Waals surface area contributed by atoms with Crippen LogP contribution in [0.3, 0.4) is 0 Å². The molecule has 0 aliphatic carbocycles. The molecular formula is C26H29N3O4. The Morgan fingerprint density at radius 1 is 1.00 bits per heavy atom. The zero-order valence-electron chi connectivity index (χ0n) is 19.0. The molecule has 1 aliphatic rings. The SMILES string of the molecule is CC[C@H](C)Oc1ccc(C(=O)Nc2ccc(N3CCN(C(=O)c4ccco4)CC3)cc2)cc1. The van der Waals surface area contributed by atoms with Crippen molar-refractivity contribution in [3.05, 3.63) is 78.3 Å². The minimum Gasteiger partial charge on any atom is -0.491 e. The first-order valence-electron chi connectivity index (χ1n) is 11.3. The van der Waals surface area contributed by atoms with E-state index in [9.17, 15) is 9.59 Å². The van der Waals surface area contributed by atoms with E-state index in [2.05, 4.69) is 17.1 Å². The summed E-state index contributed by atoms with van der Waals surface area (Å²) in [5.74, 6) is 0.900. The molecule has 0 saturated carbocycles. The van der Waals surface area contributed by atoms with E-state index < -0.39 is 0 Å². The number of nitrogens with zero attached hydrogens (tertiary/aromatic N) is 2. The van der Waals surface area contributed by atoms with Crippen LogP contribution in [-0.2, 0) is 0 Å². The highest BCUT2D eigenvalue weighted by Crippen LogP contribution is 2.21. The van der Waals surface area contributed by atoms with Crippen molar-refractivity contribution in [1.29, 1.82) is 0 Å². The molecule has 2 heterocycles. The summed E-state index contributed by atoms with van der Waals surface area (Å²) in [7, 11) is 0. The van der Waals surface area contributed by atoms with Gasteiger partial charge in [0.1, 0.15) is 5.75 Å². The molecule has 1 atom stereocenters. The lowest BCUT2D eigenvalue weighted by Gasteiger charge is -2.35. The van der Waals surface area contributed by atoms with Crippen molar-refractivity contribution in [2.75, 3.05) is 36.4 Å². The number of ether oxygens (including phenoxy) is 1. The summed E-state index contributed by atoms with van der Waals surface area (Å²) in [6.45, 7) is 6.84. The second-order valence-corrected chi connectivity index (χ2v) is 8.12. The monoisotopic (exact) mass is 447 g/mol. The number of carbonyl (C=O) groups is 2. The van der Waals surface area contributed by atoms with Gasteiger partial charge < -0.3 is 24.3 Å². The van der Waals surface area contributed by atoms with Gasteiger partial charge in [-0.1, -0.05) is 6.92 Å². The number of nitrogens with one attached hydrogen (secondary N) is 1. The van der Waals surface area contributed by atoms with Gasteiger partial charge in [0.05, 0.1) is 12.4 Å². The first-order valence-corrected chi connectivity index (χ1v) is 11.3. The Kier molecular flexibility index (Phi) is 6.98. The predicted molar refractivity (Wildman–Crippen MR) is 128 cm³/mol. The summed E-state index contributed by atoms with van der Waals surface area (Å²) in [5.41, 5.74) is 2.37. The van der Waals surface area contributed by atoms with Crippen LogP contribution in [0, 0.1) is 0 Å². The molecule has 1 aliphatic heterocycles. The summed E-state index contributed by atoms with van der Waals surface area (Å²) in [4.78, 5) is 29.0. The summed E-state index contributed by atoms with van der Waals surface area (Å²) in [6.07, 6.45) is 2.58. The summed E-state index contributed by atoms with van der Waals surface area (Å²) < 4.78 is 11.0. The fraction of sp³-hybridized carbons (Fsp3) is 0.308. The Balaban J connectivity index is 1.29. The number of furan rings is 1. The molecule has 7 nitrogen and oxygen atoms in total. The molecule has 2 aromatic carbocycles. The van der Waals surface area contributed by atoms with Crippen molar-refractivity contribution in [3.63, 3.8) is 0 Å². The van der Waals surface area contributed by atoms with Crippen molar-refractivity contribution in [1.82, 2.24) is 4.90 Å². The average Bonchev–Trinajstić information content (AvgIpc) is 3.39. The van der Waals surface area contributed by atoms with E-state index in [-0.39, 0.29) is 17.9 Å². The van der Waals surface area contributed by atoms with Gasteiger partial charge in [0.25, 0.3) is 11.8 Å². The quantitative estimate of drug-likeness (QED) is 0.570. The van der Waals surface area contributed by atoms with E-state index >= 15 is 0 Å². The maximum Gasteiger partial charge on any atom is 0.289 e. The Morgan fingerprint density at radius 3 is 2.30 bits per heavy atom. The van der Waals surface area contributed by atoms with Crippen molar-refractivity contribution in [2.24, 2.45) is 0 Å². The molecule has 33 heavy (non-hydrogen) atoms. The molecule has 172 valence electrons. The smallest absolute Gasteiger partial charge is 0.289 e. The van der Waals surface area contributed by atoms with Crippen LogP contribution in [0.25, 0.3) is 0 Å². The first kappa shape index (κ1) is 22.5. The molecule has 1 fully saturated rings. The molecule has 3 aromatic rings. The Bertz CT molecular complexity index is 1050. The van der Waals surface area contributed by atoms with Gasteiger partial charge in [0.15, 0.2) is 5.76 Å². The zero-order valence-corrected chi connectivity index (χ0v) is 19.0. The van der Waals surface area contributed by atoms with E-state index in [1.54, 1.807) is 24.3 Å². The van der Waals surface area contributed by atoms with Gasteiger partial charge in [-0.05, 0) is 74.0 Å². The van der Waals surface area contributed by atoms with Crippen LogP contribution in [0.5, 0.6) is 5.75 Å². The van der Waals surface area contributed by atoms with Gasteiger partial charge in [0.2, 0.25) is 0 Å². The number of benzene rings is 2. The largest absolute Gasteiger partial charge is 0.491 e. The van der Waals surface area contributed by atoms with Gasteiger partial charge in [-0.3, -0.25) is 9.59 Å². The molecule has 1 aromatic heterocycles. The number of piperazine rings is 1. The minimum atomic E-state index is -0.164. The number of hydrogen-bond acceptors (Lipinski definition) is 5. The standard InChI is InChI=1S/C26H29N3O4/c1-3-19(2)33-23-12-6-20(7-13-23)25(30)27-21-8-10-22(11-9-21)28-14-16-29(17-15-28)26(31)24-5-4-18-32-24/h4-13,18-19H,3,14-17H2,1-2H3,(H,27,30)/t19-/m0/s1.